The van der Waals surface area contributed by atoms with Crippen molar-refractivity contribution in [2.24, 2.45) is 5.92 Å². The van der Waals surface area contributed by atoms with Crippen molar-refractivity contribution in [3.63, 3.8) is 0 Å². The van der Waals surface area contributed by atoms with E-state index in [0.717, 1.165) is 23.5 Å². The molecule has 2 rings (SSSR count). The summed E-state index contributed by atoms with van der Waals surface area (Å²) in [7, 11) is 0. The van der Waals surface area contributed by atoms with Gasteiger partial charge in [0.15, 0.2) is 0 Å². The van der Waals surface area contributed by atoms with E-state index in [4.69, 9.17) is 0 Å². The number of hydrogen-bond donors (Lipinski definition) is 1. The first-order chi connectivity index (χ1) is 11.5. The third-order valence-corrected chi connectivity index (χ3v) is 4.21. The van der Waals surface area contributed by atoms with Crippen LogP contribution in [0.5, 0.6) is 0 Å². The van der Waals surface area contributed by atoms with Crippen LogP contribution in [0.25, 0.3) is 0 Å². The smallest absolute Gasteiger partial charge is 0.253 e. The van der Waals surface area contributed by atoms with Crippen molar-refractivity contribution < 1.29 is 8.78 Å². The summed E-state index contributed by atoms with van der Waals surface area (Å²) in [5.41, 5.74) is 3.19. The molecular formula is C19H27F2N3. The first-order valence-corrected chi connectivity index (χ1v) is 8.52. The van der Waals surface area contributed by atoms with Gasteiger partial charge in [0.2, 0.25) is 0 Å². The van der Waals surface area contributed by atoms with Crippen LogP contribution in [0.1, 0.15) is 30.3 Å². The highest BCUT2D eigenvalue weighted by atomic mass is 19.3. The Labute approximate surface area is 143 Å². The molecule has 0 aliphatic carbocycles. The maximum atomic E-state index is 13.3. The fourth-order valence-corrected chi connectivity index (χ4v) is 2.86. The minimum atomic E-state index is -2.35. The minimum absolute atomic E-state index is 0.237. The van der Waals surface area contributed by atoms with Gasteiger partial charge in [-0.05, 0) is 50.8 Å². The molecule has 1 aromatic carbocycles. The SMILES string of the molecule is Cc1cc(C)n(CC(C)CNC(CCc2ccccc2)C(F)F)n1. The van der Waals surface area contributed by atoms with Gasteiger partial charge >= 0.3 is 0 Å². The zero-order chi connectivity index (χ0) is 17.5. The molecule has 0 saturated carbocycles. The zero-order valence-electron chi connectivity index (χ0n) is 14.7. The van der Waals surface area contributed by atoms with Gasteiger partial charge in [-0.1, -0.05) is 37.3 Å². The maximum absolute atomic E-state index is 13.3. The summed E-state index contributed by atoms with van der Waals surface area (Å²) in [5.74, 6) is 0.237. The van der Waals surface area contributed by atoms with Crippen LogP contribution in [-0.4, -0.2) is 28.8 Å². The molecule has 2 aromatic rings. The van der Waals surface area contributed by atoms with E-state index in [1.54, 1.807) is 0 Å². The Morgan fingerprint density at radius 2 is 1.88 bits per heavy atom. The number of rotatable bonds is 9. The van der Waals surface area contributed by atoms with Crippen LogP contribution in [0.2, 0.25) is 0 Å². The van der Waals surface area contributed by atoms with E-state index in [9.17, 15) is 8.78 Å². The molecule has 1 heterocycles. The zero-order valence-corrected chi connectivity index (χ0v) is 14.7. The number of nitrogens with one attached hydrogen (secondary N) is 1. The standard InChI is InChI=1S/C19H27F2N3/c1-14(13-24-16(3)11-15(2)23-24)12-22-18(19(20)21)10-9-17-7-5-4-6-8-17/h4-8,11,14,18-19,22H,9-10,12-13H2,1-3H3. The van der Waals surface area contributed by atoms with Crippen LogP contribution in [0.4, 0.5) is 8.78 Å². The predicted molar refractivity (Wildman–Crippen MR) is 93.4 cm³/mol. The highest BCUT2D eigenvalue weighted by Gasteiger charge is 2.20. The molecule has 2 atom stereocenters. The van der Waals surface area contributed by atoms with Crippen molar-refractivity contribution in [2.75, 3.05) is 6.54 Å². The monoisotopic (exact) mass is 335 g/mol. The summed E-state index contributed by atoms with van der Waals surface area (Å²) in [6.07, 6.45) is -1.25. The van der Waals surface area contributed by atoms with E-state index < -0.39 is 12.5 Å². The van der Waals surface area contributed by atoms with Crippen LogP contribution in [-0.2, 0) is 13.0 Å². The Morgan fingerprint density at radius 3 is 2.46 bits per heavy atom. The summed E-state index contributed by atoms with van der Waals surface area (Å²) in [6.45, 7) is 7.33. The molecule has 2 unspecified atom stereocenters. The molecule has 3 nitrogen and oxygen atoms in total. The molecule has 0 radical (unpaired) electrons. The number of aryl methyl sites for hydroxylation is 3. The summed E-state index contributed by atoms with van der Waals surface area (Å²) in [6, 6.07) is 11.0. The van der Waals surface area contributed by atoms with Crippen LogP contribution in [0.15, 0.2) is 36.4 Å². The van der Waals surface area contributed by atoms with Gasteiger partial charge in [-0.3, -0.25) is 4.68 Å². The molecule has 0 spiro atoms. The van der Waals surface area contributed by atoms with Gasteiger partial charge in [0.1, 0.15) is 0 Å². The largest absolute Gasteiger partial charge is 0.309 e. The lowest BCUT2D eigenvalue weighted by atomic mass is 10.0. The van der Waals surface area contributed by atoms with Gasteiger partial charge in [-0.2, -0.15) is 5.10 Å². The number of halogens is 2. The van der Waals surface area contributed by atoms with E-state index in [1.165, 1.54) is 0 Å². The number of benzene rings is 1. The van der Waals surface area contributed by atoms with E-state index in [2.05, 4.69) is 17.3 Å². The summed E-state index contributed by atoms with van der Waals surface area (Å²) in [4.78, 5) is 0. The molecule has 5 heteroatoms. The third-order valence-electron chi connectivity index (χ3n) is 4.21. The van der Waals surface area contributed by atoms with Gasteiger partial charge < -0.3 is 5.32 Å². The average molecular weight is 335 g/mol. The normalized spacial score (nSPS) is 14.1. The molecule has 132 valence electrons. The molecule has 0 bridgehead atoms. The van der Waals surface area contributed by atoms with Gasteiger partial charge in [0, 0.05) is 12.2 Å². The Morgan fingerprint density at radius 1 is 1.17 bits per heavy atom. The van der Waals surface area contributed by atoms with E-state index in [1.807, 2.05) is 54.9 Å². The molecule has 24 heavy (non-hydrogen) atoms. The quantitative estimate of drug-likeness (QED) is 0.751. The molecule has 1 aromatic heterocycles. The second kappa shape index (κ2) is 8.92. The Bertz CT molecular complexity index is 610. The van der Waals surface area contributed by atoms with Crippen molar-refractivity contribution in [1.82, 2.24) is 15.1 Å². The van der Waals surface area contributed by atoms with Gasteiger partial charge in [0.05, 0.1) is 11.7 Å². The van der Waals surface area contributed by atoms with Crippen LogP contribution >= 0.6 is 0 Å². The lowest BCUT2D eigenvalue weighted by molar-refractivity contribution is 0.0917. The Hall–Kier alpha value is -1.75. The number of hydrogen-bond acceptors (Lipinski definition) is 2. The van der Waals surface area contributed by atoms with Gasteiger partial charge in [-0.15, -0.1) is 0 Å². The van der Waals surface area contributed by atoms with Gasteiger partial charge in [-0.25, -0.2) is 8.78 Å². The van der Waals surface area contributed by atoms with Crippen LogP contribution in [0.3, 0.4) is 0 Å². The van der Waals surface area contributed by atoms with Gasteiger partial charge in [0.25, 0.3) is 6.43 Å². The number of alkyl halides is 2. The molecule has 1 N–H and O–H groups in total. The number of nitrogens with zero attached hydrogens (tertiary/aromatic N) is 2. The van der Waals surface area contributed by atoms with E-state index in [0.29, 0.717) is 19.4 Å². The lowest BCUT2D eigenvalue weighted by Crippen LogP contribution is -2.39. The minimum Gasteiger partial charge on any atom is -0.309 e. The van der Waals surface area contributed by atoms with E-state index >= 15 is 0 Å². The van der Waals surface area contributed by atoms with Crippen LogP contribution in [0, 0.1) is 19.8 Å². The van der Waals surface area contributed by atoms with Crippen molar-refractivity contribution in [2.45, 2.75) is 52.6 Å². The fourth-order valence-electron chi connectivity index (χ4n) is 2.86. The predicted octanol–water partition coefficient (Wildman–Crippen LogP) is 3.99. The second-order valence-electron chi connectivity index (χ2n) is 6.59. The molecule has 0 fully saturated rings. The summed E-state index contributed by atoms with van der Waals surface area (Å²) in [5, 5.41) is 7.47. The molecule has 0 saturated heterocycles. The van der Waals surface area contributed by atoms with Crippen molar-refractivity contribution in [3.05, 3.63) is 53.3 Å². The maximum Gasteiger partial charge on any atom is 0.253 e. The highest BCUT2D eigenvalue weighted by molar-refractivity contribution is 5.14. The highest BCUT2D eigenvalue weighted by Crippen LogP contribution is 2.12. The van der Waals surface area contributed by atoms with Crippen molar-refractivity contribution >= 4 is 0 Å². The molecule has 0 aliphatic rings. The third kappa shape index (κ3) is 5.71. The Balaban J connectivity index is 1.81. The lowest BCUT2D eigenvalue weighted by Gasteiger charge is -2.21. The summed E-state index contributed by atoms with van der Waals surface area (Å²) >= 11 is 0. The van der Waals surface area contributed by atoms with Crippen molar-refractivity contribution in [3.8, 4) is 0 Å². The van der Waals surface area contributed by atoms with E-state index in [-0.39, 0.29) is 5.92 Å². The molecule has 0 aliphatic heterocycles. The Kier molecular flexibility index (Phi) is 6.91. The van der Waals surface area contributed by atoms with Crippen molar-refractivity contribution in [1.29, 1.82) is 0 Å². The van der Waals surface area contributed by atoms with Crippen LogP contribution < -0.4 is 5.32 Å². The first-order valence-electron chi connectivity index (χ1n) is 8.52. The number of aromatic nitrogens is 2. The summed E-state index contributed by atoms with van der Waals surface area (Å²) < 4.78 is 28.5. The topological polar surface area (TPSA) is 29.9 Å². The average Bonchev–Trinajstić information content (AvgIpc) is 2.85. The molecule has 0 amide bonds. The molecular weight excluding hydrogens is 308 g/mol. The first kappa shape index (κ1) is 18.6. The second-order valence-corrected chi connectivity index (χ2v) is 6.59. The fraction of sp³-hybridized carbons (Fsp3) is 0.526.